The molecule has 20 heavy (non-hydrogen) atoms. The Morgan fingerprint density at radius 2 is 2.15 bits per heavy atom. The Morgan fingerprint density at radius 1 is 1.50 bits per heavy atom. The molecule has 1 fully saturated rings. The topological polar surface area (TPSA) is 43.4 Å². The minimum atomic E-state index is -1.04. The zero-order valence-electron chi connectivity index (χ0n) is 13.1. The molecule has 0 aliphatic heterocycles. The van der Waals surface area contributed by atoms with Gasteiger partial charge < -0.3 is 4.74 Å². The Hall–Kier alpha value is -1.38. The lowest BCUT2D eigenvalue weighted by molar-refractivity contribution is -0.163. The molecule has 3 heteroatoms. The zero-order chi connectivity index (χ0) is 15.4. The van der Waals surface area contributed by atoms with Crippen molar-refractivity contribution >= 4 is 11.8 Å². The quantitative estimate of drug-likeness (QED) is 0.421. The zero-order valence-corrected chi connectivity index (χ0v) is 13.1. The number of ether oxygens (including phenoxy) is 1. The van der Waals surface area contributed by atoms with E-state index in [1.165, 1.54) is 12.7 Å². The first-order valence-corrected chi connectivity index (χ1v) is 7.23. The van der Waals surface area contributed by atoms with Gasteiger partial charge in [-0.1, -0.05) is 24.6 Å². The van der Waals surface area contributed by atoms with Crippen LogP contribution in [0.5, 0.6) is 0 Å². The van der Waals surface area contributed by atoms with Gasteiger partial charge in [0.25, 0.3) is 0 Å². The number of Topliss-reactive ketones (excluding diaryl/α,β-unsaturated/α-hetero) is 1. The van der Waals surface area contributed by atoms with Gasteiger partial charge in [-0.25, -0.2) is 0 Å². The van der Waals surface area contributed by atoms with Gasteiger partial charge in [0.2, 0.25) is 0 Å². The summed E-state index contributed by atoms with van der Waals surface area (Å²) >= 11 is 0. The minimum absolute atomic E-state index is 0.00366. The van der Waals surface area contributed by atoms with Crippen molar-refractivity contribution in [3.63, 3.8) is 0 Å². The maximum atomic E-state index is 12.4. The van der Waals surface area contributed by atoms with Crippen LogP contribution in [0.1, 0.15) is 52.9 Å². The van der Waals surface area contributed by atoms with Crippen LogP contribution in [0.15, 0.2) is 24.3 Å². The number of methoxy groups -OCH3 is 1. The number of rotatable bonds is 6. The second-order valence-electron chi connectivity index (χ2n) is 6.12. The number of esters is 1. The fourth-order valence-corrected chi connectivity index (χ4v) is 3.24. The summed E-state index contributed by atoms with van der Waals surface area (Å²) < 4.78 is 4.96. The van der Waals surface area contributed by atoms with Gasteiger partial charge in [0.15, 0.2) is 5.78 Å². The maximum absolute atomic E-state index is 12.4. The molecule has 0 aromatic heterocycles. The monoisotopic (exact) mass is 278 g/mol. The first-order valence-electron chi connectivity index (χ1n) is 7.23. The molecule has 0 radical (unpaired) electrons. The molecule has 1 aliphatic carbocycles. The van der Waals surface area contributed by atoms with Crippen molar-refractivity contribution in [1.29, 1.82) is 0 Å². The van der Waals surface area contributed by atoms with Crippen LogP contribution < -0.4 is 0 Å². The van der Waals surface area contributed by atoms with Crippen molar-refractivity contribution in [3.05, 3.63) is 24.3 Å². The standard InChI is InChI=1S/C17H26O3/c1-6-16(4,11-7-9-13(2)3)17(15(19)20-5)12-8-10-14(17)18/h6,9H,1,7-8,10-12H2,2-5H3/t16-,17+/m0/s1. The third kappa shape index (κ3) is 2.72. The lowest BCUT2D eigenvalue weighted by Crippen LogP contribution is -2.49. The van der Waals surface area contributed by atoms with Crippen molar-refractivity contribution in [2.24, 2.45) is 10.8 Å². The van der Waals surface area contributed by atoms with E-state index < -0.39 is 16.8 Å². The van der Waals surface area contributed by atoms with E-state index in [1.807, 2.05) is 20.8 Å². The average Bonchev–Trinajstić information content (AvgIpc) is 2.80. The van der Waals surface area contributed by atoms with Gasteiger partial charge in [0.1, 0.15) is 5.41 Å². The molecule has 1 rings (SSSR count). The summed E-state index contributed by atoms with van der Waals surface area (Å²) in [5.41, 5.74) is -0.361. The van der Waals surface area contributed by atoms with Gasteiger partial charge in [-0.15, -0.1) is 6.58 Å². The molecule has 0 heterocycles. The number of carbonyl (C=O) groups is 2. The van der Waals surface area contributed by atoms with Crippen molar-refractivity contribution < 1.29 is 14.3 Å². The second-order valence-corrected chi connectivity index (χ2v) is 6.12. The molecule has 0 unspecified atom stereocenters. The van der Waals surface area contributed by atoms with E-state index in [-0.39, 0.29) is 5.78 Å². The third-order valence-corrected chi connectivity index (χ3v) is 4.61. The van der Waals surface area contributed by atoms with Gasteiger partial charge in [0, 0.05) is 11.8 Å². The van der Waals surface area contributed by atoms with E-state index in [2.05, 4.69) is 12.7 Å². The number of hydrogen-bond donors (Lipinski definition) is 0. The highest BCUT2D eigenvalue weighted by Gasteiger charge is 2.59. The molecule has 112 valence electrons. The largest absolute Gasteiger partial charge is 0.468 e. The molecule has 0 saturated heterocycles. The average molecular weight is 278 g/mol. The summed E-state index contributed by atoms with van der Waals surface area (Å²) in [5, 5.41) is 0. The van der Waals surface area contributed by atoms with E-state index >= 15 is 0 Å². The molecule has 0 aromatic carbocycles. The predicted octanol–water partition coefficient (Wildman–Crippen LogP) is 3.84. The summed E-state index contributed by atoms with van der Waals surface area (Å²) in [6, 6.07) is 0. The number of ketones is 1. The SMILES string of the molecule is C=C[C@@](C)(CCC=C(C)C)[C@]1(C(=O)OC)CCCC1=O. The summed E-state index contributed by atoms with van der Waals surface area (Å²) in [4.78, 5) is 24.8. The van der Waals surface area contributed by atoms with E-state index in [0.29, 0.717) is 12.8 Å². The molecule has 3 nitrogen and oxygen atoms in total. The molecule has 0 amide bonds. The second kappa shape index (κ2) is 6.38. The Labute approximate surface area is 122 Å². The summed E-state index contributed by atoms with van der Waals surface area (Å²) in [7, 11) is 1.36. The smallest absolute Gasteiger partial charge is 0.320 e. The molecule has 0 aromatic rings. The van der Waals surface area contributed by atoms with Crippen LogP contribution in [0, 0.1) is 10.8 Å². The van der Waals surface area contributed by atoms with E-state index in [0.717, 1.165) is 19.3 Å². The summed E-state index contributed by atoms with van der Waals surface area (Å²) in [5.74, 6) is -0.399. The maximum Gasteiger partial charge on any atom is 0.320 e. The summed E-state index contributed by atoms with van der Waals surface area (Å²) in [6.45, 7) is 9.94. The minimum Gasteiger partial charge on any atom is -0.468 e. The Bertz CT molecular complexity index is 432. The van der Waals surface area contributed by atoms with Crippen LogP contribution in [0.3, 0.4) is 0 Å². The van der Waals surface area contributed by atoms with Crippen LogP contribution in [0.2, 0.25) is 0 Å². The van der Waals surface area contributed by atoms with Gasteiger partial charge in [0.05, 0.1) is 7.11 Å². The van der Waals surface area contributed by atoms with Gasteiger partial charge in [-0.05, 0) is 39.5 Å². The normalized spacial score (nSPS) is 24.9. The first kappa shape index (κ1) is 16.7. The molecule has 1 saturated carbocycles. The van der Waals surface area contributed by atoms with Crippen LogP contribution >= 0.6 is 0 Å². The molecule has 0 bridgehead atoms. The van der Waals surface area contributed by atoms with E-state index in [9.17, 15) is 9.59 Å². The Balaban J connectivity index is 3.15. The fraction of sp³-hybridized carbons (Fsp3) is 0.647. The van der Waals surface area contributed by atoms with Crippen molar-refractivity contribution in [2.45, 2.75) is 52.9 Å². The fourth-order valence-electron chi connectivity index (χ4n) is 3.24. The Morgan fingerprint density at radius 3 is 2.55 bits per heavy atom. The van der Waals surface area contributed by atoms with Crippen molar-refractivity contribution in [3.8, 4) is 0 Å². The van der Waals surface area contributed by atoms with E-state index in [1.54, 1.807) is 6.08 Å². The van der Waals surface area contributed by atoms with Crippen LogP contribution in [0.4, 0.5) is 0 Å². The van der Waals surface area contributed by atoms with Crippen LogP contribution in [-0.2, 0) is 14.3 Å². The van der Waals surface area contributed by atoms with Gasteiger partial charge in [-0.2, -0.15) is 0 Å². The van der Waals surface area contributed by atoms with Crippen LogP contribution in [-0.4, -0.2) is 18.9 Å². The third-order valence-electron chi connectivity index (χ3n) is 4.61. The highest BCUT2D eigenvalue weighted by Crippen LogP contribution is 2.53. The number of hydrogen-bond acceptors (Lipinski definition) is 3. The molecular weight excluding hydrogens is 252 g/mol. The predicted molar refractivity (Wildman–Crippen MR) is 80.3 cm³/mol. The lowest BCUT2D eigenvalue weighted by Gasteiger charge is -2.41. The van der Waals surface area contributed by atoms with Crippen molar-refractivity contribution in [2.75, 3.05) is 7.11 Å². The van der Waals surface area contributed by atoms with Crippen molar-refractivity contribution in [1.82, 2.24) is 0 Å². The Kier molecular flexibility index (Phi) is 5.32. The van der Waals surface area contributed by atoms with Crippen LogP contribution in [0.25, 0.3) is 0 Å². The molecular formula is C17H26O3. The highest BCUT2D eigenvalue weighted by atomic mass is 16.5. The number of allylic oxidation sites excluding steroid dienone is 3. The summed E-state index contributed by atoms with van der Waals surface area (Å²) in [6.07, 6.45) is 7.23. The van der Waals surface area contributed by atoms with Gasteiger partial charge >= 0.3 is 5.97 Å². The number of carbonyl (C=O) groups excluding carboxylic acids is 2. The lowest BCUT2D eigenvalue weighted by atomic mass is 9.60. The van der Waals surface area contributed by atoms with Gasteiger partial charge in [-0.3, -0.25) is 9.59 Å². The van der Waals surface area contributed by atoms with E-state index in [4.69, 9.17) is 4.74 Å². The highest BCUT2D eigenvalue weighted by molar-refractivity contribution is 6.06. The first-order chi connectivity index (χ1) is 9.34. The molecule has 2 atom stereocenters. The molecule has 1 aliphatic rings. The molecule has 0 N–H and O–H groups in total. The molecule has 0 spiro atoms.